The maximum absolute atomic E-state index is 14.7. The normalized spacial score (nSPS) is 19.5. The highest BCUT2D eigenvalue weighted by Crippen LogP contribution is 2.31. The van der Waals surface area contributed by atoms with Crippen LogP contribution in [0.3, 0.4) is 0 Å². The van der Waals surface area contributed by atoms with Gasteiger partial charge in [0.05, 0.1) is 16.5 Å². The van der Waals surface area contributed by atoms with E-state index in [1.165, 1.54) is 28.8 Å². The summed E-state index contributed by atoms with van der Waals surface area (Å²) in [6, 6.07) is -4.69. The maximum Gasteiger partial charge on any atom is 0.416 e. The Morgan fingerprint density at radius 2 is 1.64 bits per heavy atom. The number of carbonyl (C=O) groups is 1. The Labute approximate surface area is 301 Å². The third kappa shape index (κ3) is 8.70. The first-order valence-corrected chi connectivity index (χ1v) is 15.1. The van der Waals surface area contributed by atoms with E-state index in [2.05, 4.69) is 4.98 Å². The van der Waals surface area contributed by atoms with Crippen molar-refractivity contribution in [2.24, 2.45) is 0 Å². The Kier molecular flexibility index (Phi) is 5.85. The lowest BCUT2D eigenvalue weighted by atomic mass is 10.0. The molecule has 47 heavy (non-hydrogen) atoms. The van der Waals surface area contributed by atoms with Crippen LogP contribution in [0.1, 0.15) is 72.7 Å². The molecule has 1 aliphatic rings. The molecule has 248 valence electrons. The molecule has 0 spiro atoms. The molecular weight excluding hydrogens is 628 g/mol. The number of amides is 1. The van der Waals surface area contributed by atoms with Gasteiger partial charge in [-0.3, -0.25) is 9.59 Å². The molecule has 1 aliphatic carbocycles. The minimum atomic E-state index is -5.36. The van der Waals surface area contributed by atoms with Crippen molar-refractivity contribution in [3.63, 3.8) is 0 Å². The van der Waals surface area contributed by atoms with Crippen molar-refractivity contribution in [3.05, 3.63) is 117 Å². The standard InChI is InChI=1S/C36H38F4N4O2S/c1-3-42(4-2)20-21-43(22-25-8-12-27(13-9-25)28-14-16-29(17-15-28)36(38,39)40)33(45)23-44-32-7-5-6-31(32)34(46)41-35(44)47-24-26-10-18-30(37)19-11-26/h8-19H,3-7,20-24H2,1-2H3/i1D3,2D3,3D2,4D2,8D,9D,12D,13D,14D,15D,16D,17D. The van der Waals surface area contributed by atoms with Crippen LogP contribution in [0.15, 0.2) is 82.6 Å². The summed E-state index contributed by atoms with van der Waals surface area (Å²) in [4.78, 5) is 32.5. The molecule has 11 heteroatoms. The Morgan fingerprint density at radius 3 is 2.28 bits per heavy atom. The molecule has 3 aromatic carbocycles. The summed E-state index contributed by atoms with van der Waals surface area (Å²) in [7, 11) is 0. The van der Waals surface area contributed by atoms with Gasteiger partial charge in [-0.25, -0.2) is 4.39 Å². The van der Waals surface area contributed by atoms with E-state index in [9.17, 15) is 27.2 Å². The van der Waals surface area contributed by atoms with Crippen LogP contribution in [0.5, 0.6) is 0 Å². The molecule has 0 bridgehead atoms. The molecule has 0 radical (unpaired) electrons. The first-order chi connectivity index (χ1) is 29.7. The Balaban J connectivity index is 1.67. The van der Waals surface area contributed by atoms with E-state index in [1.807, 2.05) is 0 Å². The summed E-state index contributed by atoms with van der Waals surface area (Å²) >= 11 is 0.986. The van der Waals surface area contributed by atoms with Gasteiger partial charge in [-0.15, -0.1) is 0 Å². The van der Waals surface area contributed by atoms with Crippen LogP contribution < -0.4 is 5.56 Å². The SMILES string of the molecule is [2H]c1c([2H])c(-c2c([2H])c([2H])c(C(F)(F)F)c([2H])c2[2H])c([2H])c([2H])c1CN(CCN(C([2H])([2H])C([2H])([2H])[2H])C([2H])([2H])C([2H])([2H])[2H])C(=O)Cn1c(SCc2ccc(F)cc2)nc(=O)c2c1CCC2. The second kappa shape index (κ2) is 15.3. The van der Waals surface area contributed by atoms with Gasteiger partial charge in [-0.1, -0.05) is 73.9 Å². The third-order valence-electron chi connectivity index (χ3n) is 7.18. The van der Waals surface area contributed by atoms with Crippen LogP contribution in [-0.4, -0.2) is 51.3 Å². The average molecular weight is 685 g/mol. The van der Waals surface area contributed by atoms with E-state index in [0.29, 0.717) is 17.7 Å². The number of aromatic nitrogens is 2. The summed E-state index contributed by atoms with van der Waals surface area (Å²) < 4.78 is 204. The quantitative estimate of drug-likeness (QED) is 0.0846. The number of halogens is 4. The van der Waals surface area contributed by atoms with Crippen molar-refractivity contribution < 1.29 is 47.0 Å². The number of thioether (sulfide) groups is 1. The van der Waals surface area contributed by atoms with E-state index in [4.69, 9.17) is 24.7 Å². The van der Waals surface area contributed by atoms with E-state index in [1.54, 1.807) is 0 Å². The highest BCUT2D eigenvalue weighted by atomic mass is 32.2. The average Bonchev–Trinajstić information content (AvgIpc) is 3.69. The zero-order valence-corrected chi connectivity index (χ0v) is 25.3. The minimum absolute atomic E-state index is 0.00237. The van der Waals surface area contributed by atoms with Crippen LogP contribution in [-0.2, 0) is 42.7 Å². The van der Waals surface area contributed by atoms with Crippen molar-refractivity contribution in [3.8, 4) is 11.1 Å². The van der Waals surface area contributed by atoms with Crippen LogP contribution in [0.2, 0.25) is 0 Å². The number of nitrogens with zero attached hydrogens (tertiary/aromatic N) is 4. The topological polar surface area (TPSA) is 58.4 Å². The van der Waals surface area contributed by atoms with E-state index < -0.39 is 147 Å². The van der Waals surface area contributed by atoms with Crippen molar-refractivity contribution >= 4 is 17.7 Å². The molecule has 0 atom stereocenters. The number of likely N-dealkylation sites (N-methyl/N-ethyl adjacent to an activating group) is 1. The fourth-order valence-electron chi connectivity index (χ4n) is 4.79. The second-order valence-electron chi connectivity index (χ2n) is 10.3. The first kappa shape index (κ1) is 18.0. The van der Waals surface area contributed by atoms with Gasteiger partial charge in [0.15, 0.2) is 5.16 Å². The summed E-state index contributed by atoms with van der Waals surface area (Å²) in [6.07, 6.45) is -4.34. The summed E-state index contributed by atoms with van der Waals surface area (Å²) in [6.45, 7) is -18.7. The van der Waals surface area contributed by atoms with Crippen LogP contribution >= 0.6 is 11.8 Å². The molecule has 0 fully saturated rings. The Morgan fingerprint density at radius 1 is 0.979 bits per heavy atom. The van der Waals surface area contributed by atoms with Crippen molar-refractivity contribution in [2.45, 2.75) is 63.1 Å². The van der Waals surface area contributed by atoms with Crippen LogP contribution in [0.25, 0.3) is 11.1 Å². The largest absolute Gasteiger partial charge is 0.416 e. The van der Waals surface area contributed by atoms with Gasteiger partial charge >= 0.3 is 6.18 Å². The molecule has 0 saturated heterocycles. The number of carbonyl (C=O) groups excluding carboxylic acids is 1. The lowest BCUT2D eigenvalue weighted by Gasteiger charge is -2.28. The highest BCUT2D eigenvalue weighted by molar-refractivity contribution is 7.98. The fraction of sp³-hybridized carbons (Fsp3) is 0.361. The van der Waals surface area contributed by atoms with E-state index >= 15 is 0 Å². The van der Waals surface area contributed by atoms with Crippen LogP contribution in [0.4, 0.5) is 17.6 Å². The van der Waals surface area contributed by atoms with Gasteiger partial charge in [0.2, 0.25) is 5.91 Å². The molecule has 0 saturated carbocycles. The number of hydrogen-bond donors (Lipinski definition) is 0. The smallest absolute Gasteiger partial charge is 0.336 e. The fourth-order valence-corrected chi connectivity index (χ4v) is 5.75. The molecule has 1 aromatic heterocycles. The number of hydrogen-bond acceptors (Lipinski definition) is 5. The third-order valence-corrected chi connectivity index (χ3v) is 8.22. The van der Waals surface area contributed by atoms with Gasteiger partial charge in [-0.05, 0) is 78.7 Å². The van der Waals surface area contributed by atoms with Crippen molar-refractivity contribution in [1.29, 1.82) is 0 Å². The Bertz CT molecular complexity index is 2490. The van der Waals surface area contributed by atoms with Gasteiger partial charge in [0.1, 0.15) is 12.4 Å². The van der Waals surface area contributed by atoms with E-state index in [-0.39, 0.29) is 34.2 Å². The summed E-state index contributed by atoms with van der Waals surface area (Å²) in [5.74, 6) is -1.43. The number of benzene rings is 3. The predicted molar refractivity (Wildman–Crippen MR) is 177 cm³/mol. The first-order valence-electron chi connectivity index (χ1n) is 23.1. The zero-order valence-electron chi connectivity index (χ0n) is 42.5. The number of alkyl halides is 3. The molecule has 1 heterocycles. The van der Waals surface area contributed by atoms with Gasteiger partial charge < -0.3 is 14.4 Å². The molecule has 0 unspecified atom stereocenters. The molecule has 0 aliphatic heterocycles. The molecule has 6 nitrogen and oxygen atoms in total. The van der Waals surface area contributed by atoms with E-state index in [0.717, 1.165) is 16.7 Å². The maximum atomic E-state index is 14.7. The second-order valence-corrected chi connectivity index (χ2v) is 11.2. The summed E-state index contributed by atoms with van der Waals surface area (Å²) in [5, 5.41) is -0.00237. The minimum Gasteiger partial charge on any atom is -0.336 e. The monoisotopic (exact) mass is 684 g/mol. The molecule has 1 amide bonds. The zero-order chi connectivity index (χ0) is 49.1. The van der Waals surface area contributed by atoms with Gasteiger partial charge in [0, 0.05) is 50.4 Å². The lowest BCUT2D eigenvalue weighted by molar-refractivity contribution is -0.137. The Hall–Kier alpha value is -3.96. The van der Waals surface area contributed by atoms with Gasteiger partial charge in [0.25, 0.3) is 5.56 Å². The molecule has 0 N–H and O–H groups in total. The number of rotatable bonds is 13. The van der Waals surface area contributed by atoms with Gasteiger partial charge in [-0.2, -0.15) is 18.2 Å². The van der Waals surface area contributed by atoms with Crippen molar-refractivity contribution in [2.75, 3.05) is 26.1 Å². The number of fused-ring (bicyclic) bond motifs is 1. The highest BCUT2D eigenvalue weighted by Gasteiger charge is 2.30. The van der Waals surface area contributed by atoms with Crippen molar-refractivity contribution in [1.82, 2.24) is 19.4 Å². The molecular formula is C36H38F4N4O2S. The molecule has 5 rings (SSSR count). The van der Waals surface area contributed by atoms with Crippen LogP contribution in [0, 0.1) is 5.82 Å². The molecule has 4 aromatic rings. The summed E-state index contributed by atoms with van der Waals surface area (Å²) in [5.41, 5.74) is -3.90. The lowest BCUT2D eigenvalue weighted by Crippen LogP contribution is -2.40. The predicted octanol–water partition coefficient (Wildman–Crippen LogP) is 7.22.